The summed E-state index contributed by atoms with van der Waals surface area (Å²) in [7, 11) is -7.14. The molecular formula is C34H44Cl2N6O5S2. The lowest BCUT2D eigenvalue weighted by atomic mass is 9.99. The van der Waals surface area contributed by atoms with E-state index in [9.17, 15) is 21.6 Å². The molecule has 3 aromatic rings. The highest BCUT2D eigenvalue weighted by atomic mass is 35.5. The highest BCUT2D eigenvalue weighted by Gasteiger charge is 2.32. The molecule has 6 rings (SSSR count). The molecule has 0 unspecified atom stereocenters. The van der Waals surface area contributed by atoms with Crippen LogP contribution in [0.4, 0.5) is 0 Å². The first-order valence-corrected chi connectivity index (χ1v) is 21.1. The minimum absolute atomic E-state index is 0.0416. The fraction of sp³-hybridized carbons (Fsp3) is 0.529. The number of halogens is 2. The number of nitrogens with zero attached hydrogens (tertiary/aromatic N) is 5. The maximum Gasteiger partial charge on any atom is 0.242 e. The molecule has 2 saturated heterocycles. The summed E-state index contributed by atoms with van der Waals surface area (Å²) in [6.07, 6.45) is 7.45. The van der Waals surface area contributed by atoms with Crippen LogP contribution in [0.15, 0.2) is 47.4 Å². The average molecular weight is 752 g/mol. The Bertz CT molecular complexity index is 1890. The summed E-state index contributed by atoms with van der Waals surface area (Å²) < 4.78 is 56.8. The molecule has 4 heterocycles. The zero-order chi connectivity index (χ0) is 34.8. The van der Waals surface area contributed by atoms with Gasteiger partial charge >= 0.3 is 0 Å². The standard InChI is InChI=1S/C34H44Cl2N6O5S2/c1-48(44,45)40-22-15-31-28(24-40)34(38-42(31)19-6-17-39-20-13-27(14-21-39)41-18-5-10-33(41)43)26-11-12-29(35)25(23-26)7-4-16-37-49(46,47)32-9-3-2-8-30(32)36/h2-3,8-9,11-12,23,27,37H,4-7,10,13-22,24H2,1H3. The Labute approximate surface area is 299 Å². The topological polar surface area (TPSA) is 125 Å². The first kappa shape index (κ1) is 36.3. The Morgan fingerprint density at radius 3 is 2.41 bits per heavy atom. The molecule has 15 heteroatoms. The first-order valence-electron chi connectivity index (χ1n) is 17.0. The quantitative estimate of drug-likeness (QED) is 0.254. The van der Waals surface area contributed by atoms with Crippen LogP contribution in [0.3, 0.4) is 0 Å². The van der Waals surface area contributed by atoms with Gasteiger partial charge in [0.1, 0.15) is 4.90 Å². The van der Waals surface area contributed by atoms with Gasteiger partial charge in [0, 0.05) is 86.5 Å². The van der Waals surface area contributed by atoms with E-state index in [4.69, 9.17) is 28.3 Å². The normalized spacial score (nSPS) is 18.3. The lowest BCUT2D eigenvalue weighted by Crippen LogP contribution is -2.45. The van der Waals surface area contributed by atoms with Crippen LogP contribution < -0.4 is 4.72 Å². The van der Waals surface area contributed by atoms with Crippen LogP contribution in [0.1, 0.15) is 55.3 Å². The van der Waals surface area contributed by atoms with Crippen LogP contribution in [0.25, 0.3) is 11.3 Å². The fourth-order valence-corrected chi connectivity index (χ4v) is 9.85. The Morgan fingerprint density at radius 2 is 1.69 bits per heavy atom. The van der Waals surface area contributed by atoms with Crippen molar-refractivity contribution >= 4 is 49.2 Å². The molecule has 1 amide bonds. The maximum absolute atomic E-state index is 12.7. The predicted molar refractivity (Wildman–Crippen MR) is 192 cm³/mol. The van der Waals surface area contributed by atoms with Crippen molar-refractivity contribution in [3.63, 3.8) is 0 Å². The van der Waals surface area contributed by atoms with Crippen LogP contribution in [0.2, 0.25) is 10.0 Å². The number of amides is 1. The van der Waals surface area contributed by atoms with Crippen molar-refractivity contribution in [2.75, 3.05) is 45.5 Å². The summed E-state index contributed by atoms with van der Waals surface area (Å²) in [5, 5.41) is 5.80. The van der Waals surface area contributed by atoms with Gasteiger partial charge in [-0.2, -0.15) is 9.40 Å². The van der Waals surface area contributed by atoms with Gasteiger partial charge in [-0.3, -0.25) is 9.48 Å². The first-order chi connectivity index (χ1) is 23.4. The average Bonchev–Trinajstić information content (AvgIpc) is 3.67. The molecular weight excluding hydrogens is 707 g/mol. The Kier molecular flexibility index (Phi) is 11.4. The molecule has 266 valence electrons. The van der Waals surface area contributed by atoms with Crippen LogP contribution in [-0.2, 0) is 50.8 Å². The molecule has 11 nitrogen and oxygen atoms in total. The number of aryl methyl sites for hydroxylation is 2. The van der Waals surface area contributed by atoms with Crippen LogP contribution in [0, 0.1) is 0 Å². The number of benzene rings is 2. The van der Waals surface area contributed by atoms with Crippen molar-refractivity contribution in [2.24, 2.45) is 0 Å². The van der Waals surface area contributed by atoms with Gasteiger partial charge in [0.25, 0.3) is 0 Å². The second kappa shape index (κ2) is 15.4. The van der Waals surface area contributed by atoms with E-state index < -0.39 is 20.0 Å². The molecule has 2 aromatic carbocycles. The van der Waals surface area contributed by atoms with Crippen molar-refractivity contribution in [3.05, 3.63) is 69.3 Å². The molecule has 0 spiro atoms. The van der Waals surface area contributed by atoms with Crippen molar-refractivity contribution < 1.29 is 21.6 Å². The number of hydrogen-bond donors (Lipinski definition) is 1. The summed E-state index contributed by atoms with van der Waals surface area (Å²) in [5.41, 5.74) is 4.42. The van der Waals surface area contributed by atoms with Gasteiger partial charge in [0.05, 0.1) is 17.0 Å². The molecule has 3 aliphatic rings. The molecule has 0 atom stereocenters. The van der Waals surface area contributed by atoms with Crippen LogP contribution in [-0.4, -0.2) is 98.2 Å². The van der Waals surface area contributed by atoms with E-state index in [1.807, 2.05) is 18.2 Å². The second-order valence-corrected chi connectivity index (χ2v) is 17.7. The SMILES string of the molecule is CS(=O)(=O)N1CCc2c(c(-c3ccc(Cl)c(CCCNS(=O)(=O)c4ccccc4Cl)c3)nn2CCCN2CCC(N3CCCC3=O)CC2)C1. The third-order valence-corrected chi connectivity index (χ3v) is 13.5. The van der Waals surface area contributed by atoms with Crippen LogP contribution in [0.5, 0.6) is 0 Å². The van der Waals surface area contributed by atoms with Gasteiger partial charge in [-0.1, -0.05) is 41.4 Å². The van der Waals surface area contributed by atoms with Gasteiger partial charge in [-0.15, -0.1) is 0 Å². The molecule has 0 radical (unpaired) electrons. The smallest absolute Gasteiger partial charge is 0.242 e. The lowest BCUT2D eigenvalue weighted by molar-refractivity contribution is -0.130. The number of nitrogens with one attached hydrogen (secondary N) is 1. The van der Waals surface area contributed by atoms with Gasteiger partial charge in [0.2, 0.25) is 26.0 Å². The minimum atomic E-state index is -3.75. The van der Waals surface area contributed by atoms with Crippen molar-refractivity contribution in [2.45, 2.75) is 75.4 Å². The number of carbonyl (C=O) groups excluding carboxylic acids is 1. The zero-order valence-corrected chi connectivity index (χ0v) is 30.9. The van der Waals surface area contributed by atoms with E-state index in [2.05, 4.69) is 19.2 Å². The number of rotatable bonds is 13. The number of sulfonamides is 2. The number of piperidine rings is 1. The Hall–Kier alpha value is -2.52. The molecule has 49 heavy (non-hydrogen) atoms. The largest absolute Gasteiger partial charge is 0.340 e. The molecule has 3 aliphatic heterocycles. The lowest BCUT2D eigenvalue weighted by Gasteiger charge is -2.36. The molecule has 0 aliphatic carbocycles. The van der Waals surface area contributed by atoms with Gasteiger partial charge in [0.15, 0.2) is 0 Å². The highest BCUT2D eigenvalue weighted by Crippen LogP contribution is 2.33. The summed E-state index contributed by atoms with van der Waals surface area (Å²) >= 11 is 12.7. The van der Waals surface area contributed by atoms with Gasteiger partial charge in [-0.05, 0) is 74.9 Å². The van der Waals surface area contributed by atoms with Crippen molar-refractivity contribution in [3.8, 4) is 11.3 Å². The van der Waals surface area contributed by atoms with Crippen molar-refractivity contribution in [1.82, 2.24) is 28.6 Å². The van der Waals surface area contributed by atoms with E-state index in [1.54, 1.807) is 18.2 Å². The highest BCUT2D eigenvalue weighted by molar-refractivity contribution is 7.89. The Balaban J connectivity index is 1.12. The third-order valence-electron chi connectivity index (χ3n) is 9.88. The van der Waals surface area contributed by atoms with Crippen molar-refractivity contribution in [1.29, 1.82) is 0 Å². The molecule has 0 bridgehead atoms. The number of fused-ring (bicyclic) bond motifs is 1. The Morgan fingerprint density at radius 1 is 0.918 bits per heavy atom. The van der Waals surface area contributed by atoms with E-state index in [0.29, 0.717) is 49.2 Å². The number of likely N-dealkylation sites (tertiary alicyclic amines) is 2. The summed E-state index contributed by atoms with van der Waals surface area (Å²) in [6, 6.07) is 12.4. The number of hydrogen-bond acceptors (Lipinski definition) is 7. The summed E-state index contributed by atoms with van der Waals surface area (Å²) in [6.45, 7) is 5.39. The predicted octanol–water partition coefficient (Wildman–Crippen LogP) is 4.56. The van der Waals surface area contributed by atoms with E-state index in [0.717, 1.165) is 86.5 Å². The number of carbonyl (C=O) groups is 1. The van der Waals surface area contributed by atoms with Crippen LogP contribution >= 0.6 is 23.2 Å². The molecule has 0 saturated carbocycles. The monoisotopic (exact) mass is 750 g/mol. The second-order valence-electron chi connectivity index (χ2n) is 13.2. The molecule has 2 fully saturated rings. The minimum Gasteiger partial charge on any atom is -0.340 e. The van der Waals surface area contributed by atoms with E-state index in [1.165, 1.54) is 16.6 Å². The van der Waals surface area contributed by atoms with Gasteiger partial charge < -0.3 is 9.80 Å². The summed E-state index contributed by atoms with van der Waals surface area (Å²) in [4.78, 5) is 16.8. The maximum atomic E-state index is 12.7. The van der Waals surface area contributed by atoms with Gasteiger partial charge in [-0.25, -0.2) is 21.6 Å². The van der Waals surface area contributed by atoms with E-state index >= 15 is 0 Å². The fourth-order valence-electron chi connectivity index (χ4n) is 7.26. The zero-order valence-electron chi connectivity index (χ0n) is 27.8. The van der Waals surface area contributed by atoms with E-state index in [-0.39, 0.29) is 23.0 Å². The summed E-state index contributed by atoms with van der Waals surface area (Å²) in [5.74, 6) is 0.303. The molecule has 1 N–H and O–H groups in total. The third kappa shape index (κ3) is 8.52. The number of aromatic nitrogens is 2. The molecule has 1 aromatic heterocycles.